The lowest BCUT2D eigenvalue weighted by molar-refractivity contribution is -0.123. The van der Waals surface area contributed by atoms with Crippen molar-refractivity contribution in [3.63, 3.8) is 0 Å². The molecule has 1 fully saturated rings. The van der Waals surface area contributed by atoms with Crippen LogP contribution < -0.4 is 10.6 Å². The van der Waals surface area contributed by atoms with Crippen LogP contribution >= 0.6 is 11.6 Å². The number of carbonyl (C=O) groups excluding carboxylic acids is 1. The van der Waals surface area contributed by atoms with Crippen molar-refractivity contribution in [1.82, 2.24) is 15.5 Å². The number of carbonyl (C=O) groups is 1. The molecule has 0 saturated carbocycles. The van der Waals surface area contributed by atoms with Gasteiger partial charge in [-0.3, -0.25) is 9.69 Å². The molecule has 6 heteroatoms. The maximum Gasteiger partial charge on any atom is 0.234 e. The number of piperazine rings is 1. The summed E-state index contributed by atoms with van der Waals surface area (Å²) in [6.45, 7) is 3.98. The van der Waals surface area contributed by atoms with E-state index in [9.17, 15) is 4.79 Å². The van der Waals surface area contributed by atoms with Crippen LogP contribution in [0.3, 0.4) is 0 Å². The first kappa shape index (κ1) is 19.8. The highest BCUT2D eigenvalue weighted by Crippen LogP contribution is 2.24. The molecular weight excluding hydrogens is 362 g/mol. The number of methoxy groups -OCH3 is 1. The van der Waals surface area contributed by atoms with Crippen LogP contribution in [-0.4, -0.2) is 44.1 Å². The Morgan fingerprint density at radius 1 is 1.26 bits per heavy atom. The van der Waals surface area contributed by atoms with E-state index < -0.39 is 0 Å². The second-order valence-corrected chi connectivity index (χ2v) is 7.21. The number of ether oxygens (including phenoxy) is 1. The molecule has 144 valence electrons. The topological polar surface area (TPSA) is 53.6 Å². The lowest BCUT2D eigenvalue weighted by atomic mass is 10.0. The van der Waals surface area contributed by atoms with Crippen molar-refractivity contribution in [2.75, 3.05) is 33.3 Å². The summed E-state index contributed by atoms with van der Waals surface area (Å²) in [5.41, 5.74) is 3.31. The average Bonchev–Trinajstić information content (AvgIpc) is 2.67. The largest absolute Gasteiger partial charge is 0.380 e. The van der Waals surface area contributed by atoms with Gasteiger partial charge in [0.05, 0.1) is 13.2 Å². The summed E-state index contributed by atoms with van der Waals surface area (Å²) < 4.78 is 5.16. The molecule has 1 aliphatic heterocycles. The summed E-state index contributed by atoms with van der Waals surface area (Å²) in [5.74, 6) is 0.0288. The Labute approximate surface area is 165 Å². The van der Waals surface area contributed by atoms with Crippen molar-refractivity contribution in [2.24, 2.45) is 0 Å². The third kappa shape index (κ3) is 5.78. The molecule has 0 bridgehead atoms. The fourth-order valence-corrected chi connectivity index (χ4v) is 3.61. The SMILES string of the molecule is COCc1cccc(CNC(=O)CN2CCNCC2c2cccc(Cl)c2)c1. The minimum Gasteiger partial charge on any atom is -0.380 e. The van der Waals surface area contributed by atoms with Crippen molar-refractivity contribution in [1.29, 1.82) is 0 Å². The second kappa shape index (κ2) is 9.85. The van der Waals surface area contributed by atoms with Gasteiger partial charge in [0.25, 0.3) is 0 Å². The highest BCUT2D eigenvalue weighted by molar-refractivity contribution is 6.30. The van der Waals surface area contributed by atoms with Crippen LogP contribution in [0, 0.1) is 0 Å². The van der Waals surface area contributed by atoms with E-state index in [0.717, 1.165) is 41.3 Å². The van der Waals surface area contributed by atoms with Gasteiger partial charge in [0, 0.05) is 44.4 Å². The molecule has 3 rings (SSSR count). The number of benzene rings is 2. The molecule has 27 heavy (non-hydrogen) atoms. The van der Waals surface area contributed by atoms with Gasteiger partial charge in [0.1, 0.15) is 0 Å². The van der Waals surface area contributed by atoms with Crippen molar-refractivity contribution in [3.8, 4) is 0 Å². The number of nitrogens with one attached hydrogen (secondary N) is 2. The Balaban J connectivity index is 1.58. The van der Waals surface area contributed by atoms with E-state index >= 15 is 0 Å². The minimum atomic E-state index is 0.0288. The van der Waals surface area contributed by atoms with Crippen molar-refractivity contribution < 1.29 is 9.53 Å². The fraction of sp³-hybridized carbons (Fsp3) is 0.381. The van der Waals surface area contributed by atoms with E-state index in [-0.39, 0.29) is 11.9 Å². The summed E-state index contributed by atoms with van der Waals surface area (Å²) >= 11 is 6.14. The van der Waals surface area contributed by atoms with Gasteiger partial charge < -0.3 is 15.4 Å². The van der Waals surface area contributed by atoms with Gasteiger partial charge in [-0.05, 0) is 28.8 Å². The highest BCUT2D eigenvalue weighted by atomic mass is 35.5. The van der Waals surface area contributed by atoms with Crippen LogP contribution in [0.2, 0.25) is 5.02 Å². The van der Waals surface area contributed by atoms with E-state index in [1.165, 1.54) is 0 Å². The molecule has 1 heterocycles. The van der Waals surface area contributed by atoms with Crippen molar-refractivity contribution in [2.45, 2.75) is 19.2 Å². The van der Waals surface area contributed by atoms with Gasteiger partial charge in [0.2, 0.25) is 5.91 Å². The summed E-state index contributed by atoms with van der Waals surface area (Å²) in [4.78, 5) is 14.7. The zero-order valence-electron chi connectivity index (χ0n) is 15.6. The van der Waals surface area contributed by atoms with E-state index in [0.29, 0.717) is 19.7 Å². The maximum absolute atomic E-state index is 12.5. The van der Waals surface area contributed by atoms with E-state index in [4.69, 9.17) is 16.3 Å². The monoisotopic (exact) mass is 387 g/mol. The Hall–Kier alpha value is -1.92. The predicted octanol–water partition coefficient (Wildman–Crippen LogP) is 2.75. The third-order valence-electron chi connectivity index (χ3n) is 4.73. The standard InChI is InChI=1S/C21H26ClN3O2/c1-27-15-17-5-2-4-16(10-17)12-24-21(26)14-25-9-8-23-13-20(25)18-6-3-7-19(22)11-18/h2-7,10-11,20,23H,8-9,12-15H2,1H3,(H,24,26). The van der Waals surface area contributed by atoms with E-state index in [1.54, 1.807) is 7.11 Å². The Bertz CT molecular complexity index is 769. The van der Waals surface area contributed by atoms with Crippen LogP contribution in [0.25, 0.3) is 0 Å². The quantitative estimate of drug-likeness (QED) is 0.767. The zero-order valence-corrected chi connectivity index (χ0v) is 16.3. The molecule has 1 aliphatic rings. The van der Waals surface area contributed by atoms with Gasteiger partial charge in [-0.25, -0.2) is 0 Å². The Morgan fingerprint density at radius 3 is 2.89 bits per heavy atom. The van der Waals surface area contributed by atoms with E-state index in [1.807, 2.05) is 36.4 Å². The molecule has 0 radical (unpaired) electrons. The van der Waals surface area contributed by atoms with Crippen molar-refractivity contribution >= 4 is 17.5 Å². The summed E-state index contributed by atoms with van der Waals surface area (Å²) in [5, 5.41) is 7.16. The summed E-state index contributed by atoms with van der Waals surface area (Å²) in [6, 6.07) is 16.1. The van der Waals surface area contributed by atoms with Crippen LogP contribution in [-0.2, 0) is 22.7 Å². The predicted molar refractivity (Wildman–Crippen MR) is 108 cm³/mol. The van der Waals surface area contributed by atoms with Crippen LogP contribution in [0.15, 0.2) is 48.5 Å². The first-order chi connectivity index (χ1) is 13.2. The molecule has 5 nitrogen and oxygen atoms in total. The molecule has 1 unspecified atom stereocenters. The third-order valence-corrected chi connectivity index (χ3v) is 4.96. The first-order valence-corrected chi connectivity index (χ1v) is 9.57. The molecule has 1 saturated heterocycles. The van der Waals surface area contributed by atoms with Gasteiger partial charge in [0.15, 0.2) is 0 Å². The normalized spacial score (nSPS) is 17.6. The number of nitrogens with zero attached hydrogens (tertiary/aromatic N) is 1. The first-order valence-electron chi connectivity index (χ1n) is 9.19. The zero-order chi connectivity index (χ0) is 19.1. The molecule has 0 aromatic heterocycles. The van der Waals surface area contributed by atoms with E-state index in [2.05, 4.69) is 27.7 Å². The van der Waals surface area contributed by atoms with Crippen LogP contribution in [0.4, 0.5) is 0 Å². The molecule has 0 aliphatic carbocycles. The lowest BCUT2D eigenvalue weighted by Gasteiger charge is -2.36. The van der Waals surface area contributed by atoms with Crippen LogP contribution in [0.1, 0.15) is 22.7 Å². The Morgan fingerprint density at radius 2 is 2.07 bits per heavy atom. The van der Waals surface area contributed by atoms with Gasteiger partial charge in [-0.15, -0.1) is 0 Å². The van der Waals surface area contributed by atoms with Crippen LogP contribution in [0.5, 0.6) is 0 Å². The summed E-state index contributed by atoms with van der Waals surface area (Å²) in [7, 11) is 1.68. The number of amides is 1. The summed E-state index contributed by atoms with van der Waals surface area (Å²) in [6.07, 6.45) is 0. The molecule has 0 spiro atoms. The lowest BCUT2D eigenvalue weighted by Crippen LogP contribution is -2.49. The minimum absolute atomic E-state index is 0.0288. The van der Waals surface area contributed by atoms with Gasteiger partial charge in [-0.2, -0.15) is 0 Å². The molecular formula is C21H26ClN3O2. The van der Waals surface area contributed by atoms with Gasteiger partial charge >= 0.3 is 0 Å². The van der Waals surface area contributed by atoms with Crippen molar-refractivity contribution in [3.05, 3.63) is 70.2 Å². The molecule has 2 aromatic carbocycles. The molecule has 1 atom stereocenters. The molecule has 1 amide bonds. The number of rotatable bonds is 7. The maximum atomic E-state index is 12.5. The molecule has 2 N–H and O–H groups in total. The molecule has 2 aromatic rings. The second-order valence-electron chi connectivity index (χ2n) is 6.78. The fourth-order valence-electron chi connectivity index (χ4n) is 3.42. The highest BCUT2D eigenvalue weighted by Gasteiger charge is 2.25. The number of halogens is 1. The smallest absolute Gasteiger partial charge is 0.234 e. The number of hydrogen-bond acceptors (Lipinski definition) is 4. The Kier molecular flexibility index (Phi) is 7.24. The van der Waals surface area contributed by atoms with Gasteiger partial charge in [-0.1, -0.05) is 48.0 Å². The number of hydrogen-bond donors (Lipinski definition) is 2. The average molecular weight is 388 g/mol.